The zero-order chi connectivity index (χ0) is 53.1. The summed E-state index contributed by atoms with van der Waals surface area (Å²) in [6, 6.07) is 5.07. The third-order valence-corrected chi connectivity index (χ3v) is 15.7. The number of unbranched alkanes of at least 4 members (excludes halogenated alkanes) is 25. The predicted octanol–water partition coefficient (Wildman–Crippen LogP) is 15.4. The number of aryl methyl sites for hydroxylation is 1. The van der Waals surface area contributed by atoms with Crippen molar-refractivity contribution in [3.63, 3.8) is 0 Å². The molecule has 0 unspecified atom stereocenters. The van der Waals surface area contributed by atoms with E-state index in [1.807, 2.05) is 13.0 Å². The van der Waals surface area contributed by atoms with E-state index in [4.69, 9.17) is 9.47 Å². The summed E-state index contributed by atoms with van der Waals surface area (Å²) in [7, 11) is 0. The number of nitrogens with zero attached hydrogens (tertiary/aromatic N) is 1. The van der Waals surface area contributed by atoms with Gasteiger partial charge in [0.05, 0.1) is 18.1 Å². The molecular weight excluding hydrogens is 989 g/mol. The molecule has 1 rings (SSSR count). The van der Waals surface area contributed by atoms with Gasteiger partial charge < -0.3 is 29.3 Å². The van der Waals surface area contributed by atoms with Crippen molar-refractivity contribution in [1.82, 2.24) is 0 Å². The van der Waals surface area contributed by atoms with Gasteiger partial charge in [0.2, 0.25) is 0 Å². The molecule has 0 radical (unpaired) electrons. The zero-order valence-corrected chi connectivity index (χ0v) is 49.4. The fourth-order valence-electron chi connectivity index (χ4n) is 6.87. The van der Waals surface area contributed by atoms with E-state index in [1.165, 1.54) is 122 Å². The van der Waals surface area contributed by atoms with Crippen LogP contribution >= 0.6 is 0 Å². The van der Waals surface area contributed by atoms with Gasteiger partial charge in [-0.2, -0.15) is 0 Å². The van der Waals surface area contributed by atoms with E-state index in [2.05, 4.69) is 41.5 Å². The number of nitro groups is 1. The molecular formula is C58H107NO10Sn. The van der Waals surface area contributed by atoms with E-state index >= 15 is 0 Å². The normalized spacial score (nSPS) is 10.1. The Labute approximate surface area is 440 Å². The largest absolute Gasteiger partial charge is 0.272 e. The maximum absolute atomic E-state index is 11.4. The van der Waals surface area contributed by atoms with Gasteiger partial charge in [0, 0.05) is 36.4 Å². The minimum absolute atomic E-state index is 0.0664. The molecule has 408 valence electrons. The van der Waals surface area contributed by atoms with E-state index in [1.54, 1.807) is 21.9 Å². The van der Waals surface area contributed by atoms with E-state index in [0.29, 0.717) is 26.1 Å². The molecule has 0 heterocycles. The summed E-state index contributed by atoms with van der Waals surface area (Å²) in [5, 5.41) is 30.6. The molecule has 0 atom stereocenters. The molecule has 1 aromatic rings. The Morgan fingerprint density at radius 1 is 0.443 bits per heavy atom. The molecule has 1 aromatic carbocycles. The summed E-state index contributed by atoms with van der Waals surface area (Å²) < 4.78 is 13.5. The Balaban J connectivity index is -0.000000402. The first kappa shape index (κ1) is 73.8. The number of nitro benzene ring substituents is 1. The van der Waals surface area contributed by atoms with Crippen molar-refractivity contribution in [2.24, 2.45) is 0 Å². The minimum atomic E-state index is -0.909. The van der Waals surface area contributed by atoms with Gasteiger partial charge in [0.25, 0.3) is 5.69 Å². The number of hydrogen-bond acceptors (Lipinski definition) is 10. The number of carboxylic acids is 2. The van der Waals surface area contributed by atoms with Crippen molar-refractivity contribution in [3.8, 4) is 0 Å². The molecule has 11 nitrogen and oxygen atoms in total. The van der Waals surface area contributed by atoms with Crippen molar-refractivity contribution >= 4 is 50.7 Å². The summed E-state index contributed by atoms with van der Waals surface area (Å²) in [5.74, 6) is -1.95. The first-order valence-electron chi connectivity index (χ1n) is 28.4. The van der Waals surface area contributed by atoms with Crippen molar-refractivity contribution < 1.29 is 43.8 Å². The molecule has 0 saturated carbocycles. The van der Waals surface area contributed by atoms with Gasteiger partial charge >= 0.3 is 81.5 Å². The van der Waals surface area contributed by atoms with Gasteiger partial charge in [0.15, 0.2) is 0 Å². The minimum Gasteiger partial charge on any atom is -0.258 e. The smallest absolute Gasteiger partial charge is 0.258 e. The van der Waals surface area contributed by atoms with Crippen LogP contribution in [-0.2, 0) is 28.7 Å². The maximum atomic E-state index is 11.4. The third-order valence-electron chi connectivity index (χ3n) is 11.7. The van der Waals surface area contributed by atoms with Gasteiger partial charge in [-0.05, 0) is 70.8 Å². The third kappa shape index (κ3) is 65.3. The van der Waals surface area contributed by atoms with Crippen LogP contribution in [0.3, 0.4) is 0 Å². The standard InChI is InChI=1S/C18H34O4.2C12H24O2.C8H9NO2.2C4H9.Sn/c1-3-5-15-21-17(19)13-11-9-7-8-10-12-14-18(20)22-16-6-4-2;2*1-2-3-4-5-6-7-8-9-10-11-12(13)14;1-6-4-3-5-8(7(6)2)9(10)11;2*1-3-4-2;/h3-16H2,1-2H3;2*2-11H2,1H3,(H,13,14);3-5H,1-2H3;2*1,3-4H2,2H3;/q;;;;;;+2/p-2. The van der Waals surface area contributed by atoms with E-state index in [9.17, 15) is 39.5 Å². The topological polar surface area (TPSA) is 176 Å². The van der Waals surface area contributed by atoms with Crippen LogP contribution in [0, 0.1) is 24.0 Å². The molecule has 0 N–H and O–H groups in total. The van der Waals surface area contributed by atoms with Crippen LogP contribution in [0.5, 0.6) is 0 Å². The van der Waals surface area contributed by atoms with Gasteiger partial charge in [-0.25, -0.2) is 0 Å². The Hall–Kier alpha value is -2.70. The second kappa shape index (κ2) is 62.4. The van der Waals surface area contributed by atoms with Gasteiger partial charge in [-0.3, -0.25) is 19.7 Å². The summed E-state index contributed by atoms with van der Waals surface area (Å²) in [6.45, 7) is 17.9. The molecule has 70 heavy (non-hydrogen) atoms. The number of benzene rings is 1. The molecule has 0 fully saturated rings. The average Bonchev–Trinajstić information content (AvgIpc) is 3.33. The Kier molecular flexibility index (Phi) is 65.8. The molecule has 0 bridgehead atoms. The van der Waals surface area contributed by atoms with Gasteiger partial charge in [-0.1, -0.05) is 181 Å². The summed E-state index contributed by atoms with van der Waals surface area (Å²) in [6.07, 6.45) is 39.4. The fourth-order valence-corrected chi connectivity index (χ4v) is 11.0. The quantitative estimate of drug-likeness (QED) is 0.0201. The monoisotopic (exact) mass is 1100 g/mol. The second-order valence-corrected chi connectivity index (χ2v) is 22.9. The summed E-state index contributed by atoms with van der Waals surface area (Å²) in [5.41, 5.74) is 1.90. The fraction of sp³-hybridized carbons (Fsp3) is 0.828. The Bertz CT molecular complexity index is 1240. The SMILES string of the molecule is CCCCCCCCCCCC(=O)[O-].CCCCCCCCCCCC(=O)[O-].CCCCOC(=O)CCCCCCCCC(=O)OCCCC.CCC[CH2][Sn+2][CH2]CCC.Cc1cccc([N+](=O)[O-])c1C. The summed E-state index contributed by atoms with van der Waals surface area (Å²) >= 11 is 0.149. The molecule has 0 aliphatic rings. The molecule has 0 aliphatic heterocycles. The molecule has 0 amide bonds. The first-order chi connectivity index (χ1) is 33.8. The van der Waals surface area contributed by atoms with Crippen LogP contribution in [0.25, 0.3) is 0 Å². The number of carboxylic acid groups (broad SMARTS) is 2. The maximum Gasteiger partial charge on any atom is 0.272 e. The van der Waals surface area contributed by atoms with E-state index in [0.717, 1.165) is 101 Å². The first-order valence-corrected chi connectivity index (χ1v) is 32.4. The van der Waals surface area contributed by atoms with Crippen LogP contribution in [-0.4, -0.2) is 63.2 Å². The van der Waals surface area contributed by atoms with Crippen molar-refractivity contribution in [1.29, 1.82) is 0 Å². The predicted molar refractivity (Wildman–Crippen MR) is 290 cm³/mol. The number of aliphatic carboxylic acids is 2. The molecule has 12 heteroatoms. The number of carbonyl (C=O) groups is 4. The van der Waals surface area contributed by atoms with E-state index < -0.39 is 11.9 Å². The molecule has 0 aromatic heterocycles. The van der Waals surface area contributed by atoms with Crippen LogP contribution in [0.4, 0.5) is 5.69 Å². The Morgan fingerprint density at radius 2 is 0.743 bits per heavy atom. The van der Waals surface area contributed by atoms with Crippen LogP contribution in [0.15, 0.2) is 18.2 Å². The average molecular weight is 1100 g/mol. The van der Waals surface area contributed by atoms with Gasteiger partial charge in [-0.15, -0.1) is 0 Å². The number of rotatable bonds is 42. The van der Waals surface area contributed by atoms with Crippen molar-refractivity contribution in [2.45, 2.75) is 295 Å². The van der Waals surface area contributed by atoms with Crippen LogP contribution < -0.4 is 10.2 Å². The van der Waals surface area contributed by atoms with Crippen molar-refractivity contribution in [3.05, 3.63) is 39.4 Å². The molecule has 0 spiro atoms. The molecule has 0 saturated heterocycles. The second-order valence-electron chi connectivity index (χ2n) is 18.6. The zero-order valence-electron chi connectivity index (χ0n) is 46.5. The number of esters is 2. The Morgan fingerprint density at radius 3 is 1.03 bits per heavy atom. The summed E-state index contributed by atoms with van der Waals surface area (Å²) in [4.78, 5) is 52.9. The van der Waals surface area contributed by atoms with Crippen LogP contribution in [0.1, 0.15) is 284 Å². The number of hydrogen-bond donors (Lipinski definition) is 0. The van der Waals surface area contributed by atoms with Gasteiger partial charge in [0.1, 0.15) is 0 Å². The van der Waals surface area contributed by atoms with Crippen LogP contribution in [0.2, 0.25) is 8.87 Å². The molecule has 0 aliphatic carbocycles. The van der Waals surface area contributed by atoms with Crippen molar-refractivity contribution in [2.75, 3.05) is 13.2 Å². The number of carbonyl (C=O) groups excluding carboxylic acids is 4. The number of ether oxygens (including phenoxy) is 2. The van der Waals surface area contributed by atoms with E-state index in [-0.39, 0.29) is 56.5 Å².